The lowest BCUT2D eigenvalue weighted by atomic mass is 10.2. The zero-order valence-corrected chi connectivity index (χ0v) is 15.2. The molecule has 0 radical (unpaired) electrons. The number of nitrogens with zero attached hydrogens (tertiary/aromatic N) is 3. The van der Waals surface area contributed by atoms with Crippen LogP contribution in [0.5, 0.6) is 11.5 Å². The lowest BCUT2D eigenvalue weighted by molar-refractivity contribution is 0.100. The van der Waals surface area contributed by atoms with E-state index in [1.54, 1.807) is 30.7 Å². The van der Waals surface area contributed by atoms with E-state index in [-0.39, 0.29) is 18.1 Å². The van der Waals surface area contributed by atoms with E-state index in [1.165, 1.54) is 24.5 Å². The molecule has 7 heteroatoms. The Balaban J connectivity index is 1.70. The first-order valence-electron chi connectivity index (χ1n) is 7.86. The number of aliphatic imine (C=N–C) groups is 1. The van der Waals surface area contributed by atoms with Crippen molar-refractivity contribution in [3.05, 3.63) is 58.9 Å². The number of Topliss-reactive ketones (excluding diaryl/α,β-unsaturated/α-hetero) is 1. The number of carbonyl (C=O) groups excluding carboxylic acids is 1. The molecule has 0 spiro atoms. The number of methoxy groups -OCH3 is 1. The maximum atomic E-state index is 12.4. The SMILES string of the molecule is COc1ccc(C=NCC(=O)c2sc(-c3cccnc3)nc2C)cc1O. The first-order chi connectivity index (χ1) is 12.6. The number of hydrogen-bond donors (Lipinski definition) is 1. The molecule has 2 heterocycles. The molecule has 0 saturated carbocycles. The predicted molar refractivity (Wildman–Crippen MR) is 102 cm³/mol. The second-order valence-electron chi connectivity index (χ2n) is 5.50. The number of carbonyl (C=O) groups is 1. The zero-order valence-electron chi connectivity index (χ0n) is 14.3. The molecule has 0 atom stereocenters. The van der Waals surface area contributed by atoms with Crippen LogP contribution in [0, 0.1) is 6.92 Å². The smallest absolute Gasteiger partial charge is 0.196 e. The summed E-state index contributed by atoms with van der Waals surface area (Å²) in [5.41, 5.74) is 2.26. The average molecular weight is 367 g/mol. The van der Waals surface area contributed by atoms with Crippen LogP contribution in [0.15, 0.2) is 47.7 Å². The highest BCUT2D eigenvalue weighted by atomic mass is 32.1. The molecule has 0 aliphatic rings. The molecule has 0 bridgehead atoms. The van der Waals surface area contributed by atoms with E-state index < -0.39 is 0 Å². The van der Waals surface area contributed by atoms with Gasteiger partial charge in [-0.25, -0.2) is 4.98 Å². The topological polar surface area (TPSA) is 84.7 Å². The molecule has 0 aliphatic heterocycles. The third-order valence-electron chi connectivity index (χ3n) is 3.64. The number of ether oxygens (including phenoxy) is 1. The van der Waals surface area contributed by atoms with Crippen LogP contribution in [-0.4, -0.2) is 40.7 Å². The summed E-state index contributed by atoms with van der Waals surface area (Å²) >= 11 is 1.34. The summed E-state index contributed by atoms with van der Waals surface area (Å²) in [6.07, 6.45) is 4.97. The zero-order chi connectivity index (χ0) is 18.5. The van der Waals surface area contributed by atoms with Crippen LogP contribution >= 0.6 is 11.3 Å². The van der Waals surface area contributed by atoms with Crippen LogP contribution < -0.4 is 4.74 Å². The van der Waals surface area contributed by atoms with Crippen molar-refractivity contribution in [3.63, 3.8) is 0 Å². The number of hydrogen-bond acceptors (Lipinski definition) is 7. The van der Waals surface area contributed by atoms with Gasteiger partial charge in [0.2, 0.25) is 0 Å². The molecule has 1 aromatic carbocycles. The van der Waals surface area contributed by atoms with Crippen molar-refractivity contribution in [1.82, 2.24) is 9.97 Å². The standard InChI is InChI=1S/C19H17N3O3S/c1-12-18(26-19(22-12)14-4-3-7-20-10-14)16(24)11-21-9-13-5-6-17(25-2)15(23)8-13/h3-10,23H,11H2,1-2H3. The van der Waals surface area contributed by atoms with Gasteiger partial charge in [-0.3, -0.25) is 14.8 Å². The fourth-order valence-corrected chi connectivity index (χ4v) is 3.35. The van der Waals surface area contributed by atoms with E-state index >= 15 is 0 Å². The summed E-state index contributed by atoms with van der Waals surface area (Å²) in [5, 5.41) is 10.5. The molecule has 3 aromatic rings. The Morgan fingerprint density at radius 2 is 2.23 bits per heavy atom. The summed E-state index contributed by atoms with van der Waals surface area (Å²) in [6.45, 7) is 1.83. The van der Waals surface area contributed by atoms with E-state index in [2.05, 4.69) is 15.0 Å². The number of phenols is 1. The molecule has 26 heavy (non-hydrogen) atoms. The first-order valence-corrected chi connectivity index (χ1v) is 8.68. The minimum atomic E-state index is -0.0934. The van der Waals surface area contributed by atoms with E-state index in [0.29, 0.717) is 21.9 Å². The van der Waals surface area contributed by atoms with Gasteiger partial charge < -0.3 is 9.84 Å². The summed E-state index contributed by atoms with van der Waals surface area (Å²) in [6, 6.07) is 8.68. The lowest BCUT2D eigenvalue weighted by Crippen LogP contribution is -2.03. The van der Waals surface area contributed by atoms with Crippen LogP contribution in [0.25, 0.3) is 10.6 Å². The van der Waals surface area contributed by atoms with Gasteiger partial charge >= 0.3 is 0 Å². The van der Waals surface area contributed by atoms with Gasteiger partial charge in [0, 0.05) is 24.2 Å². The minimum Gasteiger partial charge on any atom is -0.504 e. The summed E-state index contributed by atoms with van der Waals surface area (Å²) in [5.74, 6) is 0.327. The summed E-state index contributed by atoms with van der Waals surface area (Å²) in [4.78, 5) is 25.7. The monoisotopic (exact) mass is 367 g/mol. The number of pyridine rings is 1. The summed E-state index contributed by atoms with van der Waals surface area (Å²) < 4.78 is 4.99. The first kappa shape index (κ1) is 17.8. The average Bonchev–Trinajstić information content (AvgIpc) is 3.04. The maximum absolute atomic E-state index is 12.4. The van der Waals surface area contributed by atoms with E-state index in [4.69, 9.17) is 4.74 Å². The molecule has 0 saturated heterocycles. The molecular weight excluding hydrogens is 350 g/mol. The number of thiazole rings is 1. The lowest BCUT2D eigenvalue weighted by Gasteiger charge is -2.02. The molecule has 1 N–H and O–H groups in total. The van der Waals surface area contributed by atoms with Gasteiger partial charge in [0.1, 0.15) is 11.6 Å². The highest BCUT2D eigenvalue weighted by Gasteiger charge is 2.15. The Hall–Kier alpha value is -3.06. The number of ketones is 1. The van der Waals surface area contributed by atoms with Gasteiger partial charge in [-0.2, -0.15) is 0 Å². The highest BCUT2D eigenvalue weighted by Crippen LogP contribution is 2.28. The van der Waals surface area contributed by atoms with Gasteiger partial charge in [0.25, 0.3) is 0 Å². The number of phenolic OH excluding ortho intramolecular Hbond substituents is 1. The third kappa shape index (κ3) is 3.94. The predicted octanol–water partition coefficient (Wildman–Crippen LogP) is 3.53. The van der Waals surface area contributed by atoms with Crippen molar-refractivity contribution in [2.75, 3.05) is 13.7 Å². The Bertz CT molecular complexity index is 952. The van der Waals surface area contributed by atoms with Crippen LogP contribution in [0.4, 0.5) is 0 Å². The van der Waals surface area contributed by atoms with Gasteiger partial charge in [0.15, 0.2) is 17.3 Å². The Morgan fingerprint density at radius 1 is 1.38 bits per heavy atom. The molecule has 0 aliphatic carbocycles. The van der Waals surface area contributed by atoms with Crippen LogP contribution in [0.3, 0.4) is 0 Å². The quantitative estimate of drug-likeness (QED) is 0.532. The second-order valence-corrected chi connectivity index (χ2v) is 6.50. The highest BCUT2D eigenvalue weighted by molar-refractivity contribution is 7.17. The Labute approximate surface area is 154 Å². The Morgan fingerprint density at radius 3 is 2.92 bits per heavy atom. The number of aromatic nitrogens is 2. The van der Waals surface area contributed by atoms with Crippen molar-refractivity contribution in [1.29, 1.82) is 0 Å². The largest absolute Gasteiger partial charge is 0.504 e. The molecule has 3 rings (SSSR count). The van der Waals surface area contributed by atoms with Gasteiger partial charge in [-0.05, 0) is 42.8 Å². The van der Waals surface area contributed by atoms with Gasteiger partial charge in [-0.1, -0.05) is 0 Å². The van der Waals surface area contributed by atoms with E-state index in [0.717, 1.165) is 10.6 Å². The maximum Gasteiger partial charge on any atom is 0.196 e. The van der Waals surface area contributed by atoms with Gasteiger partial charge in [0.05, 0.1) is 17.7 Å². The Kier molecular flexibility index (Phi) is 5.38. The fraction of sp³-hybridized carbons (Fsp3) is 0.158. The van der Waals surface area contributed by atoms with Crippen molar-refractivity contribution in [3.8, 4) is 22.1 Å². The van der Waals surface area contributed by atoms with Crippen molar-refractivity contribution < 1.29 is 14.6 Å². The molecule has 132 valence electrons. The normalized spacial score (nSPS) is 11.0. The van der Waals surface area contributed by atoms with Crippen molar-refractivity contribution in [2.24, 2.45) is 4.99 Å². The van der Waals surface area contributed by atoms with E-state index in [9.17, 15) is 9.90 Å². The molecule has 2 aromatic heterocycles. The fourth-order valence-electron chi connectivity index (χ4n) is 2.36. The molecule has 6 nitrogen and oxygen atoms in total. The second kappa shape index (κ2) is 7.88. The molecular formula is C19H17N3O3S. The van der Waals surface area contributed by atoms with Crippen LogP contribution in [0.2, 0.25) is 0 Å². The van der Waals surface area contributed by atoms with E-state index in [1.807, 2.05) is 19.1 Å². The van der Waals surface area contributed by atoms with Gasteiger partial charge in [-0.15, -0.1) is 11.3 Å². The number of benzene rings is 1. The number of aromatic hydroxyl groups is 1. The summed E-state index contributed by atoms with van der Waals surface area (Å²) in [7, 11) is 1.48. The van der Waals surface area contributed by atoms with Crippen LogP contribution in [-0.2, 0) is 0 Å². The number of rotatable bonds is 6. The van der Waals surface area contributed by atoms with Crippen molar-refractivity contribution >= 4 is 23.3 Å². The molecule has 0 fully saturated rings. The van der Waals surface area contributed by atoms with Crippen molar-refractivity contribution in [2.45, 2.75) is 6.92 Å². The number of aryl methyl sites for hydroxylation is 1. The third-order valence-corrected chi connectivity index (χ3v) is 4.88. The molecule has 0 amide bonds. The minimum absolute atomic E-state index is 0.0162. The van der Waals surface area contributed by atoms with Crippen LogP contribution in [0.1, 0.15) is 20.9 Å². The molecule has 0 unspecified atom stereocenters.